The van der Waals surface area contributed by atoms with Crippen molar-refractivity contribution < 1.29 is 27.9 Å². The number of nitrogens with zero attached hydrogens (tertiary/aromatic N) is 7. The van der Waals surface area contributed by atoms with Crippen molar-refractivity contribution in [2.45, 2.75) is 84.2 Å². The van der Waals surface area contributed by atoms with Crippen LogP contribution in [-0.4, -0.2) is 73.3 Å². The average Bonchev–Trinajstić information content (AvgIpc) is 3.79. The second-order valence-electron chi connectivity index (χ2n) is 15.3. The summed E-state index contributed by atoms with van der Waals surface area (Å²) >= 11 is 6.58. The van der Waals surface area contributed by atoms with Gasteiger partial charge in [-0.1, -0.05) is 83.5 Å². The van der Waals surface area contributed by atoms with Gasteiger partial charge in [0.25, 0.3) is 5.91 Å². The normalized spacial score (nSPS) is 17.6. The number of hydrogen-bond acceptors (Lipinski definition) is 8. The van der Waals surface area contributed by atoms with Crippen molar-refractivity contribution in [1.82, 2.24) is 40.6 Å². The van der Waals surface area contributed by atoms with E-state index in [1.54, 1.807) is 42.5 Å². The average molecular weight is 742 g/mol. The number of hydrogen-bond donors (Lipinski definition) is 3. The number of guanidine groups is 1. The Hall–Kier alpha value is -4.54. The molecule has 2 aromatic heterocycles. The van der Waals surface area contributed by atoms with E-state index >= 15 is 4.79 Å². The van der Waals surface area contributed by atoms with Crippen LogP contribution in [0.15, 0.2) is 59.9 Å². The lowest BCUT2D eigenvalue weighted by Crippen LogP contribution is -2.51. The van der Waals surface area contributed by atoms with E-state index in [0.717, 1.165) is 0 Å². The Labute approximate surface area is 300 Å². The van der Waals surface area contributed by atoms with Crippen LogP contribution in [0.1, 0.15) is 71.7 Å². The van der Waals surface area contributed by atoms with Gasteiger partial charge >= 0.3 is 12.6 Å². The third kappa shape index (κ3) is 7.87. The minimum atomic E-state index is -2.79. The summed E-state index contributed by atoms with van der Waals surface area (Å²) in [6, 6.07) is 11.1. The molecule has 13 nitrogen and oxygen atoms in total. The minimum Gasteiger partial charge on any atom is -0.465 e. The third-order valence-electron chi connectivity index (χ3n) is 9.28. The van der Waals surface area contributed by atoms with E-state index in [0.29, 0.717) is 37.5 Å². The molecule has 272 valence electrons. The number of carbonyl (C=O) groups excluding carboxylic acids is 1. The lowest BCUT2D eigenvalue weighted by molar-refractivity contribution is -0.135. The number of aromatic nitrogens is 6. The Kier molecular flexibility index (Phi) is 10.3. The number of carbonyl (C=O) groups is 2. The van der Waals surface area contributed by atoms with Gasteiger partial charge in [-0.3, -0.25) is 15.0 Å². The molecule has 0 saturated carbocycles. The number of carboxylic acid groups (broad SMARTS) is 1. The molecule has 0 radical (unpaired) electrons. The number of benzene rings is 2. The molecule has 1 aliphatic heterocycles. The molecule has 0 saturated heterocycles. The summed E-state index contributed by atoms with van der Waals surface area (Å²) in [7, 11) is -2.42. The van der Waals surface area contributed by atoms with Crippen LogP contribution in [0.25, 0.3) is 22.5 Å². The standard InChI is InChI=1S/C34H42ClF2N9O4Si/c1-32(2,3)19-34(23-12-9-20(10-13-23)22-16-38-45(17-22)29(36)37)28(47)46(30(40-34)39-31(48)49)26(18-50-51(7,8)33(4,5)6)21-11-14-25(35)24(15-21)27-41-43-44-42-27/h9-17,26,29H,18-19H2,1-8H3,(H,39,40)(H,48,49)(H,41,42,43,44)/t26?,34-/m1/s1. The third-order valence-corrected chi connectivity index (χ3v) is 14.1. The maximum atomic E-state index is 15.2. The van der Waals surface area contributed by atoms with Crippen LogP contribution in [0.3, 0.4) is 0 Å². The van der Waals surface area contributed by atoms with Crippen molar-refractivity contribution in [3.05, 3.63) is 71.0 Å². The second-order valence-corrected chi connectivity index (χ2v) is 20.5. The highest BCUT2D eigenvalue weighted by Gasteiger charge is 2.54. The minimum absolute atomic E-state index is 0.00846. The number of amides is 2. The monoisotopic (exact) mass is 741 g/mol. The number of alkyl halides is 2. The van der Waals surface area contributed by atoms with Gasteiger partial charge in [0.05, 0.1) is 23.9 Å². The van der Waals surface area contributed by atoms with Crippen LogP contribution < -0.4 is 5.32 Å². The first kappa shape index (κ1) is 37.7. The topological polar surface area (TPSA) is 164 Å². The van der Waals surface area contributed by atoms with E-state index in [9.17, 15) is 18.7 Å². The molecule has 1 unspecified atom stereocenters. The van der Waals surface area contributed by atoms with E-state index in [1.165, 1.54) is 17.3 Å². The molecule has 0 spiro atoms. The smallest absolute Gasteiger partial charge is 0.411 e. The Morgan fingerprint density at radius 1 is 1.10 bits per heavy atom. The quantitative estimate of drug-likeness (QED) is 0.140. The molecule has 2 atom stereocenters. The van der Waals surface area contributed by atoms with Crippen molar-refractivity contribution in [3.8, 4) is 22.5 Å². The van der Waals surface area contributed by atoms with Crippen LogP contribution in [0, 0.1) is 5.41 Å². The zero-order chi connectivity index (χ0) is 37.5. The van der Waals surface area contributed by atoms with Gasteiger partial charge in [-0.15, -0.1) is 10.2 Å². The van der Waals surface area contributed by atoms with Gasteiger partial charge in [0.2, 0.25) is 11.8 Å². The maximum Gasteiger partial charge on any atom is 0.411 e. The molecule has 0 fully saturated rings. The first-order valence-corrected chi connectivity index (χ1v) is 19.5. The first-order chi connectivity index (χ1) is 23.7. The van der Waals surface area contributed by atoms with E-state index in [-0.39, 0.29) is 29.8 Å². The Bertz CT molecular complexity index is 1920. The molecule has 17 heteroatoms. The number of H-pyrrole nitrogens is 1. The van der Waals surface area contributed by atoms with Crippen LogP contribution in [0.2, 0.25) is 23.2 Å². The molecule has 5 rings (SSSR count). The molecule has 0 aliphatic carbocycles. The fourth-order valence-electron chi connectivity index (χ4n) is 5.78. The number of tetrazole rings is 1. The predicted molar refractivity (Wildman–Crippen MR) is 191 cm³/mol. The van der Waals surface area contributed by atoms with Gasteiger partial charge in [0.1, 0.15) is 0 Å². The molecule has 2 amide bonds. The van der Waals surface area contributed by atoms with Crippen molar-refractivity contribution in [1.29, 1.82) is 0 Å². The number of aliphatic imine (C=N–C) groups is 1. The Morgan fingerprint density at radius 3 is 2.33 bits per heavy atom. The van der Waals surface area contributed by atoms with Gasteiger partial charge in [0.15, 0.2) is 13.9 Å². The zero-order valence-corrected chi connectivity index (χ0v) is 31.5. The fourth-order valence-corrected chi connectivity index (χ4v) is 6.99. The van der Waals surface area contributed by atoms with E-state index in [2.05, 4.69) is 64.9 Å². The Balaban J connectivity index is 1.66. The van der Waals surface area contributed by atoms with E-state index < -0.39 is 43.9 Å². The lowest BCUT2D eigenvalue weighted by atomic mass is 9.75. The van der Waals surface area contributed by atoms with E-state index in [4.69, 9.17) is 21.0 Å². The van der Waals surface area contributed by atoms with Crippen molar-refractivity contribution in [2.75, 3.05) is 6.61 Å². The molecule has 3 N–H and O–H groups in total. The number of nitrogens with one attached hydrogen (secondary N) is 2. The largest absolute Gasteiger partial charge is 0.465 e. The highest BCUT2D eigenvalue weighted by molar-refractivity contribution is 6.74. The fraction of sp³-hybridized carbons (Fsp3) is 0.441. The molecule has 51 heavy (non-hydrogen) atoms. The van der Waals surface area contributed by atoms with E-state index in [1.807, 2.05) is 20.8 Å². The predicted octanol–water partition coefficient (Wildman–Crippen LogP) is 7.64. The van der Waals surface area contributed by atoms with Crippen LogP contribution in [0.5, 0.6) is 0 Å². The zero-order valence-electron chi connectivity index (χ0n) is 29.7. The summed E-state index contributed by atoms with van der Waals surface area (Å²) in [5, 5.41) is 30.5. The summed E-state index contributed by atoms with van der Waals surface area (Å²) in [4.78, 5) is 33.8. The molecule has 3 heterocycles. The number of rotatable bonds is 10. The van der Waals surface area contributed by atoms with Gasteiger partial charge in [-0.05, 0) is 64.0 Å². The summed E-state index contributed by atoms with van der Waals surface area (Å²) in [5.41, 5.74) is 0.535. The molecule has 0 bridgehead atoms. The summed E-state index contributed by atoms with van der Waals surface area (Å²) in [6.07, 6.45) is 1.37. The summed E-state index contributed by atoms with van der Waals surface area (Å²) in [6.45, 7) is 13.6. The summed E-state index contributed by atoms with van der Waals surface area (Å²) in [5.74, 6) is -0.407. The van der Waals surface area contributed by atoms with Crippen LogP contribution in [0.4, 0.5) is 13.6 Å². The molecule has 1 aliphatic rings. The SMILES string of the molecule is CC(C)(C)C[C@]1(c2ccc(-c3cnn(C(F)F)c3)cc2)N=C(NC(=O)O)N(C(CO[Si](C)(C)C(C)(C)C)c2ccc(Cl)c(-c3nn[nH]n3)c2)C1=O. The van der Waals surface area contributed by atoms with Crippen molar-refractivity contribution in [2.24, 2.45) is 10.4 Å². The highest BCUT2D eigenvalue weighted by atomic mass is 35.5. The molecule has 4 aromatic rings. The molecular formula is C34H42ClF2N9O4Si. The maximum absolute atomic E-state index is 15.2. The number of halogens is 3. The first-order valence-electron chi connectivity index (χ1n) is 16.3. The summed E-state index contributed by atoms with van der Waals surface area (Å²) < 4.78 is 33.7. The Morgan fingerprint density at radius 2 is 1.78 bits per heavy atom. The number of aromatic amines is 1. The molecular weight excluding hydrogens is 700 g/mol. The lowest BCUT2D eigenvalue weighted by Gasteiger charge is -2.39. The van der Waals surface area contributed by atoms with Gasteiger partial charge in [-0.25, -0.2) is 14.5 Å². The van der Waals surface area contributed by atoms with Gasteiger partial charge in [0, 0.05) is 17.3 Å². The second kappa shape index (κ2) is 13.9. The van der Waals surface area contributed by atoms with Crippen LogP contribution >= 0.6 is 11.6 Å². The van der Waals surface area contributed by atoms with Crippen LogP contribution in [-0.2, 0) is 14.8 Å². The van der Waals surface area contributed by atoms with Gasteiger partial charge < -0.3 is 9.53 Å². The molecule has 2 aromatic carbocycles. The highest BCUT2D eigenvalue weighted by Crippen LogP contribution is 2.46. The van der Waals surface area contributed by atoms with Gasteiger partial charge in [-0.2, -0.15) is 19.1 Å². The van der Waals surface area contributed by atoms with Crippen molar-refractivity contribution in [3.63, 3.8) is 0 Å². The van der Waals surface area contributed by atoms with Crippen molar-refractivity contribution >= 4 is 37.9 Å².